The molecule has 4 heterocycles. The first-order chi connectivity index (χ1) is 13.7. The molecule has 2 aromatic heterocycles. The molecule has 0 bridgehead atoms. The van der Waals surface area contributed by atoms with Crippen LogP contribution in [0.25, 0.3) is 11.1 Å². The predicted molar refractivity (Wildman–Crippen MR) is 110 cm³/mol. The van der Waals surface area contributed by atoms with Crippen LogP contribution in [0.15, 0.2) is 51.8 Å². The molecule has 2 fully saturated rings. The number of benzene rings is 1. The van der Waals surface area contributed by atoms with Gasteiger partial charge in [-0.1, -0.05) is 23.7 Å². The third-order valence-corrected chi connectivity index (χ3v) is 6.28. The number of fused-ring (bicyclic) bond motifs is 2. The average Bonchev–Trinajstić information content (AvgIpc) is 3.03. The quantitative estimate of drug-likeness (QED) is 0.678. The van der Waals surface area contributed by atoms with Gasteiger partial charge in [0.1, 0.15) is 5.82 Å². The largest absolute Gasteiger partial charge is 0.419 e. The molecule has 0 spiro atoms. The molecular weight excluding hydrogens is 376 g/mol. The smallest absolute Gasteiger partial charge is 0.408 e. The minimum absolute atomic E-state index is 0.248. The van der Waals surface area contributed by atoms with Crippen molar-refractivity contribution in [2.75, 3.05) is 31.1 Å². The minimum Gasteiger partial charge on any atom is -0.408 e. The van der Waals surface area contributed by atoms with Crippen molar-refractivity contribution in [1.82, 2.24) is 14.5 Å². The van der Waals surface area contributed by atoms with Gasteiger partial charge in [0.05, 0.1) is 10.5 Å². The number of nitrogens with zero attached hydrogens (tertiary/aromatic N) is 4. The Labute approximate surface area is 168 Å². The topological polar surface area (TPSA) is 54.5 Å². The van der Waals surface area contributed by atoms with Crippen molar-refractivity contribution in [1.29, 1.82) is 0 Å². The van der Waals surface area contributed by atoms with E-state index in [1.54, 1.807) is 10.8 Å². The molecule has 2 atom stereocenters. The molecular formula is C21H23ClN4O2. The van der Waals surface area contributed by atoms with Gasteiger partial charge in [0.15, 0.2) is 5.58 Å². The van der Waals surface area contributed by atoms with E-state index in [2.05, 4.69) is 14.8 Å². The molecule has 0 radical (unpaired) electrons. The van der Waals surface area contributed by atoms with E-state index in [-0.39, 0.29) is 5.76 Å². The monoisotopic (exact) mass is 398 g/mol. The molecule has 7 heteroatoms. The van der Waals surface area contributed by atoms with Crippen molar-refractivity contribution in [3.63, 3.8) is 0 Å². The molecule has 1 aromatic carbocycles. The molecule has 0 amide bonds. The van der Waals surface area contributed by atoms with E-state index in [0.29, 0.717) is 22.6 Å². The Bertz CT molecular complexity index is 1030. The molecule has 2 aliphatic rings. The number of rotatable bonds is 3. The Morgan fingerprint density at radius 3 is 2.86 bits per heavy atom. The lowest BCUT2D eigenvalue weighted by atomic mass is 9.91. The van der Waals surface area contributed by atoms with Gasteiger partial charge < -0.3 is 9.32 Å². The van der Waals surface area contributed by atoms with Crippen LogP contribution in [0.3, 0.4) is 0 Å². The van der Waals surface area contributed by atoms with Crippen LogP contribution in [0.5, 0.6) is 0 Å². The number of piperazine rings is 1. The molecule has 6 nitrogen and oxygen atoms in total. The summed E-state index contributed by atoms with van der Waals surface area (Å²) in [7, 11) is 0. The van der Waals surface area contributed by atoms with E-state index in [0.717, 1.165) is 56.9 Å². The average molecular weight is 399 g/mol. The second-order valence-corrected chi connectivity index (χ2v) is 8.26. The number of oxazole rings is 1. The van der Waals surface area contributed by atoms with Gasteiger partial charge in [-0.3, -0.25) is 9.47 Å². The fourth-order valence-corrected chi connectivity index (χ4v) is 4.73. The molecule has 5 rings (SSSR count). The van der Waals surface area contributed by atoms with Crippen molar-refractivity contribution in [3.8, 4) is 0 Å². The third kappa shape index (κ3) is 3.31. The zero-order valence-electron chi connectivity index (χ0n) is 15.6. The summed E-state index contributed by atoms with van der Waals surface area (Å²) in [4.78, 5) is 21.7. The van der Waals surface area contributed by atoms with Crippen LogP contribution in [0.2, 0.25) is 5.02 Å². The number of hydrogen-bond donors (Lipinski definition) is 0. The maximum Gasteiger partial charge on any atom is 0.419 e. The molecule has 3 aromatic rings. The maximum absolute atomic E-state index is 12.3. The van der Waals surface area contributed by atoms with Crippen molar-refractivity contribution in [2.24, 2.45) is 5.92 Å². The van der Waals surface area contributed by atoms with Gasteiger partial charge in [-0.25, -0.2) is 9.78 Å². The number of pyridine rings is 1. The maximum atomic E-state index is 12.3. The van der Waals surface area contributed by atoms with Crippen LogP contribution in [0, 0.1) is 5.92 Å². The van der Waals surface area contributed by atoms with E-state index >= 15 is 0 Å². The first-order valence-electron chi connectivity index (χ1n) is 9.86. The summed E-state index contributed by atoms with van der Waals surface area (Å²) >= 11 is 5.96. The van der Waals surface area contributed by atoms with Gasteiger partial charge in [0.25, 0.3) is 0 Å². The summed E-state index contributed by atoms with van der Waals surface area (Å²) in [5, 5.41) is 0.671. The zero-order valence-corrected chi connectivity index (χ0v) is 16.4. The van der Waals surface area contributed by atoms with Crippen LogP contribution in [-0.4, -0.2) is 46.7 Å². The van der Waals surface area contributed by atoms with E-state index in [9.17, 15) is 4.79 Å². The molecule has 0 N–H and O–H groups in total. The first kappa shape index (κ1) is 17.8. The fourth-order valence-electron chi connectivity index (χ4n) is 4.62. The number of halogens is 1. The van der Waals surface area contributed by atoms with Crippen molar-refractivity contribution in [3.05, 3.63) is 58.2 Å². The van der Waals surface area contributed by atoms with Gasteiger partial charge >= 0.3 is 5.76 Å². The number of aromatic nitrogens is 2. The molecule has 146 valence electrons. The Morgan fingerprint density at radius 1 is 1.11 bits per heavy atom. The van der Waals surface area contributed by atoms with Gasteiger partial charge in [-0.15, -0.1) is 0 Å². The summed E-state index contributed by atoms with van der Waals surface area (Å²) in [5.74, 6) is 1.22. The fraction of sp³-hybridized carbons (Fsp3) is 0.429. The summed E-state index contributed by atoms with van der Waals surface area (Å²) in [6.45, 7) is 4.73. The van der Waals surface area contributed by atoms with Gasteiger partial charge in [0, 0.05) is 45.0 Å². The lowest BCUT2D eigenvalue weighted by Gasteiger charge is -2.46. The SMILES string of the molecule is O=c1oc2ccccc2n1C[C@@H]1CC[C@H]2CN(c3ccc(Cl)cn3)CCN2C1. The Morgan fingerprint density at radius 2 is 2.00 bits per heavy atom. The number of para-hydroxylation sites is 2. The van der Waals surface area contributed by atoms with Gasteiger partial charge in [0.2, 0.25) is 0 Å². The summed E-state index contributed by atoms with van der Waals surface area (Å²) < 4.78 is 7.19. The molecule has 0 aliphatic carbocycles. The molecule has 0 saturated carbocycles. The van der Waals surface area contributed by atoms with Crippen LogP contribution >= 0.6 is 11.6 Å². The lowest BCUT2D eigenvalue weighted by Crippen LogP contribution is -2.57. The van der Waals surface area contributed by atoms with Crippen molar-refractivity contribution < 1.29 is 4.42 Å². The predicted octanol–water partition coefficient (Wildman–Crippen LogP) is 3.24. The van der Waals surface area contributed by atoms with Gasteiger partial charge in [-0.05, 0) is 43.0 Å². The summed E-state index contributed by atoms with van der Waals surface area (Å²) in [5.41, 5.74) is 1.57. The van der Waals surface area contributed by atoms with Crippen LogP contribution in [0.1, 0.15) is 12.8 Å². The van der Waals surface area contributed by atoms with Crippen LogP contribution in [-0.2, 0) is 6.54 Å². The normalized spacial score (nSPS) is 23.1. The number of anilines is 1. The van der Waals surface area contributed by atoms with E-state index < -0.39 is 0 Å². The van der Waals surface area contributed by atoms with Gasteiger partial charge in [-0.2, -0.15) is 0 Å². The van der Waals surface area contributed by atoms with Crippen molar-refractivity contribution in [2.45, 2.75) is 25.4 Å². The van der Waals surface area contributed by atoms with Crippen molar-refractivity contribution >= 4 is 28.5 Å². The molecule has 28 heavy (non-hydrogen) atoms. The highest BCUT2D eigenvalue weighted by molar-refractivity contribution is 6.30. The second-order valence-electron chi connectivity index (χ2n) is 7.82. The molecule has 2 saturated heterocycles. The Kier molecular flexibility index (Phi) is 4.61. The summed E-state index contributed by atoms with van der Waals surface area (Å²) in [6, 6.07) is 12.1. The Balaban J connectivity index is 1.26. The van der Waals surface area contributed by atoms with Crippen LogP contribution < -0.4 is 10.7 Å². The third-order valence-electron chi connectivity index (χ3n) is 6.06. The highest BCUT2D eigenvalue weighted by atomic mass is 35.5. The number of hydrogen-bond acceptors (Lipinski definition) is 5. The highest BCUT2D eigenvalue weighted by Crippen LogP contribution is 2.28. The van der Waals surface area contributed by atoms with E-state index in [4.69, 9.17) is 16.0 Å². The minimum atomic E-state index is -0.248. The van der Waals surface area contributed by atoms with E-state index in [1.165, 1.54) is 0 Å². The number of piperidine rings is 1. The zero-order chi connectivity index (χ0) is 19.1. The van der Waals surface area contributed by atoms with E-state index in [1.807, 2.05) is 36.4 Å². The lowest BCUT2D eigenvalue weighted by molar-refractivity contribution is 0.0882. The second kappa shape index (κ2) is 7.26. The highest BCUT2D eigenvalue weighted by Gasteiger charge is 2.33. The summed E-state index contributed by atoms with van der Waals surface area (Å²) in [6.07, 6.45) is 3.97. The Hall–Kier alpha value is -2.31. The molecule has 0 unspecified atom stereocenters. The van der Waals surface area contributed by atoms with Crippen LogP contribution in [0.4, 0.5) is 5.82 Å². The molecule has 2 aliphatic heterocycles. The first-order valence-corrected chi connectivity index (χ1v) is 10.2. The standard InChI is InChI=1S/C21H23ClN4O2/c22-16-6-8-20(23-11-16)25-10-9-24-12-15(5-7-17(24)14-25)13-26-18-3-1-2-4-19(18)28-21(26)27/h1-4,6,8,11,15,17H,5,7,9-10,12-14H2/t15-,17+/m1/s1.